The number of aromatic nitrogens is 1. The molecule has 2 rings (SSSR count). The average Bonchev–Trinajstić information content (AvgIpc) is 2.77. The summed E-state index contributed by atoms with van der Waals surface area (Å²) in [6.07, 6.45) is 2.46. The summed E-state index contributed by atoms with van der Waals surface area (Å²) in [6, 6.07) is 3.15. The van der Waals surface area contributed by atoms with Gasteiger partial charge in [0.05, 0.1) is 0 Å². The van der Waals surface area contributed by atoms with E-state index in [4.69, 9.17) is 4.65 Å². The van der Waals surface area contributed by atoms with Gasteiger partial charge in [-0.2, -0.15) is 0 Å². The normalized spacial score (nSPS) is 18.6. The van der Waals surface area contributed by atoms with Crippen molar-refractivity contribution in [3.8, 4) is 0 Å². The molecule has 1 atom stereocenters. The quantitative estimate of drug-likeness (QED) is 0.539. The highest BCUT2D eigenvalue weighted by Crippen LogP contribution is 2.28. The predicted octanol–water partition coefficient (Wildman–Crippen LogP) is -0.419. The highest BCUT2D eigenvalue weighted by atomic mass is 32.2. The molecule has 1 aliphatic rings. The number of hydrogen-bond donors (Lipinski definition) is 2. The van der Waals surface area contributed by atoms with Crippen molar-refractivity contribution in [2.24, 2.45) is 5.16 Å². The lowest BCUT2D eigenvalue weighted by Gasteiger charge is -2.30. The van der Waals surface area contributed by atoms with Crippen LogP contribution in [0.4, 0.5) is 0 Å². The molecule has 0 bridgehead atoms. The van der Waals surface area contributed by atoms with E-state index in [1.165, 1.54) is 17.6 Å². The van der Waals surface area contributed by atoms with Crippen LogP contribution in [0, 0.1) is 14.4 Å². The molecule has 9 nitrogen and oxygen atoms in total. The molecule has 11 heteroatoms. The third-order valence-corrected chi connectivity index (χ3v) is 5.81. The fourth-order valence-corrected chi connectivity index (χ4v) is 2.97. The highest BCUT2D eigenvalue weighted by Gasteiger charge is 2.48. The molecule has 0 saturated heterocycles. The zero-order chi connectivity index (χ0) is 17.5. The summed E-state index contributed by atoms with van der Waals surface area (Å²) in [5.74, 6) is -0.454. The third-order valence-electron chi connectivity index (χ3n) is 3.79. The molecule has 2 N–H and O–H groups in total. The lowest BCUT2D eigenvalue weighted by atomic mass is 10.0. The molecular weight excluding hydrogens is 339 g/mol. The Kier molecular flexibility index (Phi) is 5.43. The van der Waals surface area contributed by atoms with E-state index in [1.807, 2.05) is 0 Å². The molecule has 0 amide bonds. The first kappa shape index (κ1) is 20.1. The molecule has 2 heterocycles. The maximum absolute atomic E-state index is 12.2. The van der Waals surface area contributed by atoms with Crippen LogP contribution < -0.4 is 5.56 Å². The van der Waals surface area contributed by atoms with Crippen LogP contribution in [0.1, 0.15) is 18.9 Å². The van der Waals surface area contributed by atoms with Gasteiger partial charge in [0.15, 0.2) is 15.7 Å². The van der Waals surface area contributed by atoms with E-state index >= 15 is 0 Å². The molecule has 134 valence electrons. The van der Waals surface area contributed by atoms with E-state index in [0.717, 1.165) is 11.8 Å². The summed E-state index contributed by atoms with van der Waals surface area (Å²) < 4.78 is 33.0. The van der Waals surface area contributed by atoms with Gasteiger partial charge in [0.2, 0.25) is 0 Å². The van der Waals surface area contributed by atoms with Crippen molar-refractivity contribution in [1.29, 1.82) is 0 Å². The Labute approximate surface area is 140 Å². The molecule has 0 fully saturated rings. The van der Waals surface area contributed by atoms with Crippen molar-refractivity contribution < 1.29 is 27.9 Å². The topological polar surface area (TPSA) is 127 Å². The van der Waals surface area contributed by atoms with Crippen LogP contribution in [0.5, 0.6) is 0 Å². The van der Waals surface area contributed by atoms with E-state index in [-0.39, 0.29) is 26.0 Å². The van der Waals surface area contributed by atoms with Gasteiger partial charge in [-0.1, -0.05) is 5.16 Å². The van der Waals surface area contributed by atoms with Crippen molar-refractivity contribution in [3.05, 3.63) is 41.7 Å². The van der Waals surface area contributed by atoms with E-state index in [1.54, 1.807) is 19.2 Å². The Hall–Kier alpha value is -1.98. The van der Waals surface area contributed by atoms with Crippen molar-refractivity contribution in [1.82, 2.24) is 4.57 Å². The fourth-order valence-electron chi connectivity index (χ4n) is 2.10. The van der Waals surface area contributed by atoms with Crippen LogP contribution in [0.3, 0.4) is 0 Å². The number of hydrogen-bond acceptors (Lipinski definition) is 8. The smallest absolute Gasteiger partial charge is 0.620 e. The molecule has 0 aliphatic carbocycles. The largest absolute Gasteiger partial charge is 0.668 e. The predicted molar refractivity (Wildman–Crippen MR) is 89.5 cm³/mol. The minimum atomic E-state index is -3.75. The van der Waals surface area contributed by atoms with E-state index < -0.39 is 27.4 Å². The van der Waals surface area contributed by atoms with Crippen LogP contribution in [-0.4, -0.2) is 46.9 Å². The molecular formula is C13H21BN2O7S. The second-order valence-corrected chi connectivity index (χ2v) is 8.19. The fraction of sp³-hybridized carbons (Fsp3) is 0.462. The Morgan fingerprint density at radius 2 is 2.04 bits per heavy atom. The Morgan fingerprint density at radius 1 is 1.42 bits per heavy atom. The van der Waals surface area contributed by atoms with Gasteiger partial charge in [-0.15, -0.1) is 0 Å². The summed E-state index contributed by atoms with van der Waals surface area (Å²) in [5, 5.41) is 21.9. The van der Waals surface area contributed by atoms with Crippen LogP contribution >= 0.6 is 0 Å². The van der Waals surface area contributed by atoms with Gasteiger partial charge in [-0.3, -0.25) is 4.79 Å². The molecule has 0 radical (unpaired) electrons. The zero-order valence-corrected chi connectivity index (χ0v) is 14.8. The number of aryl methyl sites for hydroxylation is 2. The van der Waals surface area contributed by atoms with Crippen molar-refractivity contribution >= 4 is 22.7 Å². The highest BCUT2D eigenvalue weighted by molar-refractivity contribution is 7.92. The number of sulfone groups is 1. The Morgan fingerprint density at radius 3 is 2.50 bits per heavy atom. The minimum absolute atomic E-state index is 0. The first-order valence-electron chi connectivity index (χ1n) is 6.85. The zero-order valence-electron chi connectivity index (χ0n) is 14.0. The van der Waals surface area contributed by atoms with Crippen molar-refractivity contribution in [3.63, 3.8) is 0 Å². The van der Waals surface area contributed by atoms with E-state index in [0.29, 0.717) is 0 Å². The average molecular weight is 360 g/mol. The van der Waals surface area contributed by atoms with E-state index in [2.05, 4.69) is 9.91 Å². The molecule has 0 spiro atoms. The van der Waals surface area contributed by atoms with Crippen molar-refractivity contribution in [2.45, 2.75) is 31.6 Å². The van der Waals surface area contributed by atoms with Gasteiger partial charge >= 0.3 is 6.96 Å². The number of nitrogens with zero attached hydrogens (tertiary/aromatic N) is 2. The first-order chi connectivity index (χ1) is 10.4. The maximum Gasteiger partial charge on any atom is 0.668 e. The van der Waals surface area contributed by atoms with E-state index in [9.17, 15) is 23.3 Å². The second kappa shape index (κ2) is 6.50. The summed E-state index contributed by atoms with van der Waals surface area (Å²) in [6.45, 7) is -0.489. The standard InChI is InChI=1S/C12H18BN2O7S.CH3/c1-9-4-6-15(10(16)8-9)7-5-12(2,23(3,19)20)11-14-22-13(17,18)21-11;/h4,6,8,17-18H,5,7H2,1-3H3;1H3/q-1;+1/t12-;/m1./s1. The van der Waals surface area contributed by atoms with Gasteiger partial charge in [0.25, 0.3) is 5.56 Å². The van der Waals surface area contributed by atoms with Crippen LogP contribution in [0.15, 0.2) is 28.3 Å². The molecule has 0 saturated carbocycles. The van der Waals surface area contributed by atoms with Gasteiger partial charge in [0.1, 0.15) is 4.75 Å². The monoisotopic (exact) mass is 360 g/mol. The van der Waals surface area contributed by atoms with Gasteiger partial charge in [0, 0.05) is 32.5 Å². The second-order valence-electron chi connectivity index (χ2n) is 5.74. The minimum Gasteiger partial charge on any atom is -0.620 e. The summed E-state index contributed by atoms with van der Waals surface area (Å²) in [7, 11) is -3.75. The first-order valence-corrected chi connectivity index (χ1v) is 8.74. The Balaban J connectivity index is 0.00000288. The van der Waals surface area contributed by atoms with Crippen LogP contribution in [-0.2, 0) is 25.8 Å². The lowest BCUT2D eigenvalue weighted by Crippen LogP contribution is -2.48. The van der Waals surface area contributed by atoms with Crippen LogP contribution in [0.2, 0.25) is 0 Å². The van der Waals surface area contributed by atoms with Crippen LogP contribution in [0.25, 0.3) is 0 Å². The molecule has 1 aromatic heterocycles. The molecule has 24 heavy (non-hydrogen) atoms. The summed E-state index contributed by atoms with van der Waals surface area (Å²) in [5.41, 5.74) is 0.524. The number of pyridine rings is 1. The number of oxime groups is 1. The molecule has 1 aromatic rings. The summed E-state index contributed by atoms with van der Waals surface area (Å²) >= 11 is 0. The molecule has 1 aliphatic heterocycles. The van der Waals surface area contributed by atoms with Crippen molar-refractivity contribution in [2.75, 3.05) is 6.26 Å². The molecule has 0 aromatic carbocycles. The SMILES string of the molecule is Cc1ccn(CC[C@](C)(C2=NO[B-](O)(O)O2)S(C)(=O)=O)c(=O)c1.[CH3+]. The Bertz CT molecular complexity index is 803. The third kappa shape index (κ3) is 3.92. The summed E-state index contributed by atoms with van der Waals surface area (Å²) in [4.78, 5) is 11.9. The maximum atomic E-state index is 12.2. The van der Waals surface area contributed by atoms with Gasteiger partial charge in [-0.25, -0.2) is 8.42 Å². The number of rotatable bonds is 5. The lowest BCUT2D eigenvalue weighted by molar-refractivity contribution is 0.102. The van der Waals surface area contributed by atoms with Gasteiger partial charge < -0.3 is 24.0 Å². The molecule has 0 unspecified atom stereocenters. The van der Waals surface area contributed by atoms with Gasteiger partial charge in [-0.05, 0) is 31.9 Å².